The molecule has 0 unspecified atom stereocenters. The minimum atomic E-state index is -0.240. The Morgan fingerprint density at radius 1 is 1.25 bits per heavy atom. The third kappa shape index (κ3) is 4.36. The van der Waals surface area contributed by atoms with Crippen molar-refractivity contribution < 1.29 is 9.59 Å². The number of hydrogen-bond acceptors (Lipinski definition) is 5. The van der Waals surface area contributed by atoms with Crippen LogP contribution in [0, 0.1) is 0 Å². The van der Waals surface area contributed by atoms with Gasteiger partial charge in [0.05, 0.1) is 11.5 Å². The highest BCUT2D eigenvalue weighted by atomic mass is 35.5. The highest BCUT2D eigenvalue weighted by Crippen LogP contribution is 2.12. The number of rotatable bonds is 6. The number of halogens is 1. The SMILES string of the molecule is O=C(CSCC(=O)c1ccc(Cl)cc1)Nc1ncn[nH]1. The number of nitrogens with zero attached hydrogens (tertiary/aromatic N) is 2. The Kier molecular flexibility index (Phi) is 5.14. The van der Waals surface area contributed by atoms with Crippen molar-refractivity contribution >= 4 is 41.0 Å². The van der Waals surface area contributed by atoms with E-state index in [2.05, 4.69) is 20.5 Å². The second kappa shape index (κ2) is 7.06. The number of nitrogens with one attached hydrogen (secondary N) is 2. The molecule has 0 fully saturated rings. The summed E-state index contributed by atoms with van der Waals surface area (Å²) in [5, 5.41) is 9.23. The van der Waals surface area contributed by atoms with Crippen molar-refractivity contribution in [2.45, 2.75) is 0 Å². The molecule has 1 heterocycles. The van der Waals surface area contributed by atoms with Gasteiger partial charge >= 0.3 is 0 Å². The molecule has 2 N–H and O–H groups in total. The molecule has 0 aliphatic rings. The minimum absolute atomic E-state index is 0.0425. The fourth-order valence-corrected chi connectivity index (χ4v) is 2.23. The summed E-state index contributed by atoms with van der Waals surface area (Å²) in [7, 11) is 0. The number of carbonyl (C=O) groups excluding carboxylic acids is 2. The van der Waals surface area contributed by atoms with Crippen LogP contribution in [0.1, 0.15) is 10.4 Å². The van der Waals surface area contributed by atoms with E-state index in [0.29, 0.717) is 16.5 Å². The topological polar surface area (TPSA) is 87.7 Å². The Morgan fingerprint density at radius 3 is 2.65 bits per heavy atom. The molecule has 0 atom stereocenters. The molecule has 0 saturated heterocycles. The molecule has 0 aliphatic heterocycles. The number of H-pyrrole nitrogens is 1. The number of aromatic amines is 1. The van der Waals surface area contributed by atoms with E-state index in [9.17, 15) is 9.59 Å². The quantitative estimate of drug-likeness (QED) is 0.797. The van der Waals surface area contributed by atoms with Gasteiger partial charge in [-0.1, -0.05) is 11.6 Å². The van der Waals surface area contributed by atoms with Crippen molar-refractivity contribution in [3.8, 4) is 0 Å². The predicted octanol–water partition coefficient (Wildman–Crippen LogP) is 2.01. The fourth-order valence-electron chi connectivity index (χ4n) is 1.39. The van der Waals surface area contributed by atoms with Gasteiger partial charge in [-0.05, 0) is 24.3 Å². The first-order valence-electron chi connectivity index (χ1n) is 5.67. The molecular formula is C12H11ClN4O2S. The monoisotopic (exact) mass is 310 g/mol. The van der Waals surface area contributed by atoms with Crippen LogP contribution >= 0.6 is 23.4 Å². The first-order valence-corrected chi connectivity index (χ1v) is 7.20. The minimum Gasteiger partial charge on any atom is -0.294 e. The number of anilines is 1. The maximum atomic E-state index is 11.8. The smallest absolute Gasteiger partial charge is 0.236 e. The van der Waals surface area contributed by atoms with Crippen molar-refractivity contribution in [1.29, 1.82) is 0 Å². The van der Waals surface area contributed by atoms with Crippen molar-refractivity contribution in [1.82, 2.24) is 15.2 Å². The van der Waals surface area contributed by atoms with Crippen LogP contribution in [-0.4, -0.2) is 38.4 Å². The molecule has 1 aromatic carbocycles. The zero-order chi connectivity index (χ0) is 14.4. The highest BCUT2D eigenvalue weighted by molar-refractivity contribution is 8.00. The molecule has 0 bridgehead atoms. The van der Waals surface area contributed by atoms with Crippen molar-refractivity contribution in [2.24, 2.45) is 0 Å². The van der Waals surface area contributed by atoms with Crippen LogP contribution in [-0.2, 0) is 4.79 Å². The van der Waals surface area contributed by atoms with E-state index in [0.717, 1.165) is 0 Å². The van der Waals surface area contributed by atoms with E-state index in [-0.39, 0.29) is 23.2 Å². The number of carbonyl (C=O) groups is 2. The number of aromatic nitrogens is 3. The highest BCUT2D eigenvalue weighted by Gasteiger charge is 2.09. The van der Waals surface area contributed by atoms with Crippen LogP contribution in [0.5, 0.6) is 0 Å². The summed E-state index contributed by atoms with van der Waals surface area (Å²) in [6.45, 7) is 0. The Bertz CT molecular complexity index is 586. The van der Waals surface area contributed by atoms with Gasteiger partial charge in [-0.25, -0.2) is 5.10 Å². The van der Waals surface area contributed by atoms with Crippen LogP contribution in [0.2, 0.25) is 5.02 Å². The van der Waals surface area contributed by atoms with E-state index in [4.69, 9.17) is 11.6 Å². The van der Waals surface area contributed by atoms with Crippen molar-refractivity contribution in [3.63, 3.8) is 0 Å². The van der Waals surface area contributed by atoms with Crippen LogP contribution < -0.4 is 5.32 Å². The summed E-state index contributed by atoms with van der Waals surface area (Å²) in [5.74, 6) is 0.403. The Labute approximate surface area is 124 Å². The number of hydrogen-bond donors (Lipinski definition) is 2. The standard InChI is InChI=1S/C12H11ClN4O2S/c13-9-3-1-8(2-4-9)10(18)5-20-6-11(19)16-12-14-7-15-17-12/h1-4,7H,5-6H2,(H2,14,15,16,17,19). The van der Waals surface area contributed by atoms with Crippen LogP contribution in [0.25, 0.3) is 0 Å². The molecule has 0 spiro atoms. The summed E-state index contributed by atoms with van der Waals surface area (Å²) in [5.41, 5.74) is 0.581. The maximum absolute atomic E-state index is 11.8. The molecule has 0 radical (unpaired) electrons. The van der Waals surface area contributed by atoms with E-state index >= 15 is 0 Å². The van der Waals surface area contributed by atoms with Gasteiger partial charge in [0, 0.05) is 10.6 Å². The Hall–Kier alpha value is -1.86. The summed E-state index contributed by atoms with van der Waals surface area (Å²) in [6.07, 6.45) is 1.30. The largest absolute Gasteiger partial charge is 0.294 e. The fraction of sp³-hybridized carbons (Fsp3) is 0.167. The van der Waals surface area contributed by atoms with E-state index in [1.165, 1.54) is 18.1 Å². The summed E-state index contributed by atoms with van der Waals surface area (Å²) < 4.78 is 0. The van der Waals surface area contributed by atoms with E-state index in [1.807, 2.05) is 0 Å². The first-order chi connectivity index (χ1) is 9.65. The lowest BCUT2D eigenvalue weighted by Gasteiger charge is -2.02. The molecule has 1 amide bonds. The molecule has 1 aromatic heterocycles. The van der Waals surface area contributed by atoms with Gasteiger partial charge in [0.2, 0.25) is 11.9 Å². The van der Waals surface area contributed by atoms with Gasteiger partial charge in [0.1, 0.15) is 6.33 Å². The summed E-state index contributed by atoms with van der Waals surface area (Å²) in [4.78, 5) is 27.1. The van der Waals surface area contributed by atoms with Gasteiger partial charge in [0.15, 0.2) is 5.78 Å². The lowest BCUT2D eigenvalue weighted by Crippen LogP contribution is -2.16. The van der Waals surface area contributed by atoms with Gasteiger partial charge in [-0.2, -0.15) is 10.1 Å². The van der Waals surface area contributed by atoms with Gasteiger partial charge < -0.3 is 0 Å². The molecule has 8 heteroatoms. The van der Waals surface area contributed by atoms with Crippen molar-refractivity contribution in [3.05, 3.63) is 41.2 Å². The Balaban J connectivity index is 1.74. The third-order valence-electron chi connectivity index (χ3n) is 2.31. The molecule has 2 aromatic rings. The molecule has 2 rings (SSSR count). The van der Waals surface area contributed by atoms with Gasteiger partial charge in [0.25, 0.3) is 0 Å². The van der Waals surface area contributed by atoms with Crippen LogP contribution in [0.3, 0.4) is 0 Å². The summed E-state index contributed by atoms with van der Waals surface area (Å²) >= 11 is 6.98. The predicted molar refractivity (Wildman–Crippen MR) is 78.1 cm³/mol. The molecule has 0 saturated carbocycles. The average molecular weight is 311 g/mol. The lowest BCUT2D eigenvalue weighted by molar-refractivity contribution is -0.113. The molecule has 104 valence electrons. The number of thioether (sulfide) groups is 1. The third-order valence-corrected chi connectivity index (χ3v) is 3.49. The average Bonchev–Trinajstić information content (AvgIpc) is 2.92. The number of Topliss-reactive ketones (excluding diaryl/α,β-unsaturated/α-hetero) is 1. The second-order valence-corrected chi connectivity index (χ2v) is 5.23. The molecule has 20 heavy (non-hydrogen) atoms. The number of amides is 1. The summed E-state index contributed by atoms with van der Waals surface area (Å²) in [6, 6.07) is 6.66. The maximum Gasteiger partial charge on any atom is 0.236 e. The molecule has 0 aliphatic carbocycles. The molecule has 6 nitrogen and oxygen atoms in total. The van der Waals surface area contributed by atoms with E-state index in [1.54, 1.807) is 24.3 Å². The van der Waals surface area contributed by atoms with E-state index < -0.39 is 0 Å². The first kappa shape index (κ1) is 14.5. The number of benzene rings is 1. The lowest BCUT2D eigenvalue weighted by atomic mass is 10.1. The zero-order valence-electron chi connectivity index (χ0n) is 10.3. The Morgan fingerprint density at radius 2 is 2.00 bits per heavy atom. The zero-order valence-corrected chi connectivity index (χ0v) is 11.9. The normalized spacial score (nSPS) is 10.2. The van der Waals surface area contributed by atoms with Crippen LogP contribution in [0.4, 0.5) is 5.95 Å². The van der Waals surface area contributed by atoms with Gasteiger partial charge in [-0.15, -0.1) is 11.8 Å². The van der Waals surface area contributed by atoms with Crippen molar-refractivity contribution in [2.75, 3.05) is 16.8 Å². The van der Waals surface area contributed by atoms with Crippen LogP contribution in [0.15, 0.2) is 30.6 Å². The second-order valence-electron chi connectivity index (χ2n) is 3.81. The van der Waals surface area contributed by atoms with Gasteiger partial charge in [-0.3, -0.25) is 14.9 Å². The molecular weight excluding hydrogens is 300 g/mol. The number of ketones is 1.